The van der Waals surface area contributed by atoms with Crippen LogP contribution < -0.4 is 5.32 Å². The minimum atomic E-state index is 0.839. The molecule has 3 nitrogen and oxygen atoms in total. The summed E-state index contributed by atoms with van der Waals surface area (Å²) in [6, 6.07) is 10.9. The van der Waals surface area contributed by atoms with Crippen LogP contribution in [0.25, 0.3) is 0 Å². The molecule has 2 aliphatic heterocycles. The van der Waals surface area contributed by atoms with Gasteiger partial charge in [0.25, 0.3) is 0 Å². The summed E-state index contributed by atoms with van der Waals surface area (Å²) in [7, 11) is 0. The van der Waals surface area contributed by atoms with Gasteiger partial charge in [-0.25, -0.2) is 0 Å². The molecule has 0 atom stereocenters. The van der Waals surface area contributed by atoms with Crippen LogP contribution in [-0.4, -0.2) is 37.0 Å². The van der Waals surface area contributed by atoms with E-state index in [4.69, 9.17) is 0 Å². The third-order valence-electron chi connectivity index (χ3n) is 3.94. The number of hydrogen-bond donors (Lipinski definition) is 1. The maximum Gasteiger partial charge on any atom is 0.194 e. The number of rotatable bonds is 2. The van der Waals surface area contributed by atoms with E-state index < -0.39 is 0 Å². The predicted molar refractivity (Wildman–Crippen MR) is 74.7 cm³/mol. The maximum atomic E-state index is 4.50. The van der Waals surface area contributed by atoms with Gasteiger partial charge in [0.05, 0.1) is 6.54 Å². The van der Waals surface area contributed by atoms with Gasteiger partial charge in [-0.2, -0.15) is 0 Å². The number of piperidine rings is 1. The molecule has 3 rings (SSSR count). The second kappa shape index (κ2) is 5.42. The van der Waals surface area contributed by atoms with Crippen LogP contribution >= 0.6 is 0 Å². The van der Waals surface area contributed by atoms with Gasteiger partial charge in [0.15, 0.2) is 5.96 Å². The first kappa shape index (κ1) is 11.6. The first-order valence-corrected chi connectivity index (χ1v) is 6.99. The minimum Gasteiger partial charge on any atom is -0.354 e. The quantitative estimate of drug-likeness (QED) is 0.859. The zero-order valence-electron chi connectivity index (χ0n) is 10.8. The van der Waals surface area contributed by atoms with Crippen LogP contribution in [0.1, 0.15) is 18.4 Å². The molecule has 2 heterocycles. The van der Waals surface area contributed by atoms with Crippen molar-refractivity contribution in [3.05, 3.63) is 35.9 Å². The molecule has 0 unspecified atom stereocenters. The SMILES string of the molecule is c1ccc(CC2CCN(C3=NCCN3)CC2)cc1. The van der Waals surface area contributed by atoms with Crippen LogP contribution in [0, 0.1) is 5.92 Å². The molecule has 0 aliphatic carbocycles. The van der Waals surface area contributed by atoms with Crippen LogP contribution in [-0.2, 0) is 6.42 Å². The Morgan fingerprint density at radius 3 is 2.61 bits per heavy atom. The molecule has 1 saturated heterocycles. The van der Waals surface area contributed by atoms with E-state index in [1.54, 1.807) is 0 Å². The molecule has 0 radical (unpaired) electrons. The van der Waals surface area contributed by atoms with E-state index in [2.05, 4.69) is 45.5 Å². The molecule has 1 aromatic carbocycles. The van der Waals surface area contributed by atoms with Crippen molar-refractivity contribution in [3.8, 4) is 0 Å². The second-order valence-electron chi connectivity index (χ2n) is 5.25. The summed E-state index contributed by atoms with van der Waals surface area (Å²) in [4.78, 5) is 6.91. The van der Waals surface area contributed by atoms with Gasteiger partial charge in [-0.3, -0.25) is 4.99 Å². The summed E-state index contributed by atoms with van der Waals surface area (Å²) in [5.41, 5.74) is 1.48. The molecule has 3 heteroatoms. The van der Waals surface area contributed by atoms with Crippen molar-refractivity contribution in [3.63, 3.8) is 0 Å². The molecule has 1 fully saturated rings. The fourth-order valence-corrected chi connectivity index (χ4v) is 2.89. The van der Waals surface area contributed by atoms with E-state index in [0.29, 0.717) is 0 Å². The van der Waals surface area contributed by atoms with E-state index in [-0.39, 0.29) is 0 Å². The van der Waals surface area contributed by atoms with E-state index in [1.165, 1.54) is 24.8 Å². The summed E-state index contributed by atoms with van der Waals surface area (Å²) in [5.74, 6) is 1.97. The molecule has 0 saturated carbocycles. The highest BCUT2D eigenvalue weighted by atomic mass is 15.3. The normalized spacial score (nSPS) is 20.7. The summed E-state index contributed by atoms with van der Waals surface area (Å²) in [5, 5.41) is 3.37. The Balaban J connectivity index is 1.51. The van der Waals surface area contributed by atoms with Crippen LogP contribution in [0.4, 0.5) is 0 Å². The van der Waals surface area contributed by atoms with Crippen molar-refractivity contribution < 1.29 is 0 Å². The van der Waals surface area contributed by atoms with Crippen molar-refractivity contribution in [2.45, 2.75) is 19.3 Å². The predicted octanol–water partition coefficient (Wildman–Crippen LogP) is 1.90. The number of hydrogen-bond acceptors (Lipinski definition) is 3. The third-order valence-corrected chi connectivity index (χ3v) is 3.94. The van der Waals surface area contributed by atoms with Crippen LogP contribution in [0.3, 0.4) is 0 Å². The van der Waals surface area contributed by atoms with Gasteiger partial charge in [0.1, 0.15) is 0 Å². The highest BCUT2D eigenvalue weighted by Crippen LogP contribution is 2.21. The van der Waals surface area contributed by atoms with Crippen LogP contribution in [0.15, 0.2) is 35.3 Å². The Morgan fingerprint density at radius 2 is 1.94 bits per heavy atom. The fourth-order valence-electron chi connectivity index (χ4n) is 2.89. The average Bonchev–Trinajstić information content (AvgIpc) is 2.95. The van der Waals surface area contributed by atoms with Crippen LogP contribution in [0.2, 0.25) is 0 Å². The lowest BCUT2D eigenvalue weighted by molar-refractivity contribution is 0.261. The average molecular weight is 243 g/mol. The Bertz CT molecular complexity index is 405. The number of benzene rings is 1. The number of aliphatic imine (C=N–C) groups is 1. The molecule has 1 N–H and O–H groups in total. The van der Waals surface area contributed by atoms with Gasteiger partial charge < -0.3 is 10.2 Å². The van der Waals surface area contributed by atoms with Gasteiger partial charge in [-0.05, 0) is 30.7 Å². The Labute approximate surface area is 109 Å². The first-order valence-electron chi connectivity index (χ1n) is 6.99. The Morgan fingerprint density at radius 1 is 1.17 bits per heavy atom. The summed E-state index contributed by atoms with van der Waals surface area (Å²) < 4.78 is 0. The Kier molecular flexibility index (Phi) is 3.49. The van der Waals surface area contributed by atoms with E-state index in [0.717, 1.165) is 38.1 Å². The number of guanidine groups is 1. The smallest absolute Gasteiger partial charge is 0.194 e. The zero-order chi connectivity index (χ0) is 12.2. The first-order chi connectivity index (χ1) is 8.92. The lowest BCUT2D eigenvalue weighted by atomic mass is 9.90. The minimum absolute atomic E-state index is 0.839. The molecular weight excluding hydrogens is 222 g/mol. The Hall–Kier alpha value is -1.51. The zero-order valence-corrected chi connectivity index (χ0v) is 10.8. The van der Waals surface area contributed by atoms with Gasteiger partial charge in [0, 0.05) is 19.6 Å². The highest BCUT2D eigenvalue weighted by molar-refractivity contribution is 5.81. The molecule has 0 aromatic heterocycles. The van der Waals surface area contributed by atoms with Crippen molar-refractivity contribution in [2.75, 3.05) is 26.2 Å². The summed E-state index contributed by atoms with van der Waals surface area (Å²) in [6.07, 6.45) is 3.81. The van der Waals surface area contributed by atoms with Crippen molar-refractivity contribution >= 4 is 5.96 Å². The largest absolute Gasteiger partial charge is 0.354 e. The molecule has 18 heavy (non-hydrogen) atoms. The molecule has 1 aromatic rings. The van der Waals surface area contributed by atoms with Crippen molar-refractivity contribution in [1.82, 2.24) is 10.2 Å². The monoisotopic (exact) mass is 243 g/mol. The standard InChI is InChI=1S/C15H21N3/c1-2-4-13(5-3-1)12-14-6-10-18(11-7-14)15-16-8-9-17-15/h1-5,14H,6-12H2,(H,16,17). The molecule has 0 amide bonds. The van der Waals surface area contributed by atoms with E-state index >= 15 is 0 Å². The lowest BCUT2D eigenvalue weighted by Crippen LogP contribution is -2.43. The van der Waals surface area contributed by atoms with Crippen LogP contribution in [0.5, 0.6) is 0 Å². The topological polar surface area (TPSA) is 27.6 Å². The summed E-state index contributed by atoms with van der Waals surface area (Å²) in [6.45, 7) is 4.27. The maximum absolute atomic E-state index is 4.50. The lowest BCUT2D eigenvalue weighted by Gasteiger charge is -2.33. The molecule has 96 valence electrons. The third kappa shape index (κ3) is 2.66. The number of likely N-dealkylation sites (tertiary alicyclic amines) is 1. The number of nitrogens with one attached hydrogen (secondary N) is 1. The molecule has 0 spiro atoms. The van der Waals surface area contributed by atoms with Crippen molar-refractivity contribution in [1.29, 1.82) is 0 Å². The van der Waals surface area contributed by atoms with E-state index in [9.17, 15) is 0 Å². The van der Waals surface area contributed by atoms with Gasteiger partial charge in [-0.1, -0.05) is 30.3 Å². The summed E-state index contributed by atoms with van der Waals surface area (Å²) >= 11 is 0. The fraction of sp³-hybridized carbons (Fsp3) is 0.533. The van der Waals surface area contributed by atoms with E-state index in [1.807, 2.05) is 0 Å². The van der Waals surface area contributed by atoms with Crippen molar-refractivity contribution in [2.24, 2.45) is 10.9 Å². The van der Waals surface area contributed by atoms with Gasteiger partial charge in [0.2, 0.25) is 0 Å². The molecular formula is C15H21N3. The molecule has 0 bridgehead atoms. The number of nitrogens with zero attached hydrogens (tertiary/aromatic N) is 2. The molecule has 2 aliphatic rings. The second-order valence-corrected chi connectivity index (χ2v) is 5.25. The van der Waals surface area contributed by atoms with Gasteiger partial charge in [-0.15, -0.1) is 0 Å². The highest BCUT2D eigenvalue weighted by Gasteiger charge is 2.22. The van der Waals surface area contributed by atoms with Gasteiger partial charge >= 0.3 is 0 Å².